The number of carbonyl (C=O) groups is 2. The summed E-state index contributed by atoms with van der Waals surface area (Å²) in [5.41, 5.74) is 2.25. The zero-order valence-corrected chi connectivity index (χ0v) is 13.6. The van der Waals surface area contributed by atoms with Crippen molar-refractivity contribution in [1.29, 1.82) is 0 Å². The van der Waals surface area contributed by atoms with Crippen molar-refractivity contribution >= 4 is 18.2 Å². The van der Waals surface area contributed by atoms with E-state index in [1.54, 1.807) is 30.5 Å². The Hall–Kier alpha value is -2.95. The highest BCUT2D eigenvalue weighted by atomic mass is 16.5. The summed E-state index contributed by atoms with van der Waals surface area (Å²) < 4.78 is 9.48. The lowest BCUT2D eigenvalue weighted by atomic mass is 10.1. The largest absolute Gasteiger partial charge is 0.467 e. The number of hydrogen-bond acceptors (Lipinski definition) is 5. The molecule has 0 aliphatic rings. The van der Waals surface area contributed by atoms with Crippen molar-refractivity contribution in [2.24, 2.45) is 4.99 Å². The van der Waals surface area contributed by atoms with E-state index < -0.39 is 12.0 Å². The van der Waals surface area contributed by atoms with Crippen LogP contribution in [0.2, 0.25) is 0 Å². The Kier molecular flexibility index (Phi) is 6.25. The quantitative estimate of drug-likeness (QED) is 0.605. The van der Waals surface area contributed by atoms with Crippen LogP contribution in [0.4, 0.5) is 0 Å². The van der Waals surface area contributed by atoms with Crippen LogP contribution in [-0.4, -0.2) is 38.4 Å². The third kappa shape index (κ3) is 4.78. The van der Waals surface area contributed by atoms with Gasteiger partial charge in [-0.2, -0.15) is 0 Å². The lowest BCUT2D eigenvalue weighted by Gasteiger charge is -2.10. The summed E-state index contributed by atoms with van der Waals surface area (Å²) in [7, 11) is 2.68. The van der Waals surface area contributed by atoms with Gasteiger partial charge in [-0.05, 0) is 23.3 Å². The average Bonchev–Trinajstić information content (AvgIpc) is 2.65. The Morgan fingerprint density at radius 3 is 2.25 bits per heavy atom. The molecule has 2 rings (SSSR count). The van der Waals surface area contributed by atoms with Gasteiger partial charge < -0.3 is 9.47 Å². The SMILES string of the molecule is COC(=O)c1ccc(/C=N/[C@H](Cc2ccccc2)C(=O)OC)cc1. The van der Waals surface area contributed by atoms with Crippen molar-refractivity contribution in [2.75, 3.05) is 14.2 Å². The van der Waals surface area contributed by atoms with Crippen molar-refractivity contribution in [3.05, 3.63) is 71.3 Å². The molecule has 0 aliphatic carbocycles. The molecule has 0 radical (unpaired) electrons. The summed E-state index contributed by atoms with van der Waals surface area (Å²) in [6.07, 6.45) is 2.07. The molecule has 5 nitrogen and oxygen atoms in total. The Labute approximate surface area is 140 Å². The van der Waals surface area contributed by atoms with E-state index in [1.165, 1.54) is 14.2 Å². The number of esters is 2. The van der Waals surface area contributed by atoms with Gasteiger partial charge in [-0.25, -0.2) is 9.59 Å². The van der Waals surface area contributed by atoms with Gasteiger partial charge in [-0.15, -0.1) is 0 Å². The second-order valence-corrected chi connectivity index (χ2v) is 5.12. The van der Waals surface area contributed by atoms with Crippen molar-refractivity contribution < 1.29 is 19.1 Å². The summed E-state index contributed by atoms with van der Waals surface area (Å²) in [4.78, 5) is 27.7. The molecule has 5 heteroatoms. The van der Waals surface area contributed by atoms with Crippen LogP contribution < -0.4 is 0 Å². The van der Waals surface area contributed by atoms with Crippen LogP contribution in [-0.2, 0) is 20.7 Å². The maximum atomic E-state index is 11.9. The van der Waals surface area contributed by atoms with E-state index in [1.807, 2.05) is 30.3 Å². The topological polar surface area (TPSA) is 65.0 Å². The molecule has 0 amide bonds. The van der Waals surface area contributed by atoms with Crippen molar-refractivity contribution in [1.82, 2.24) is 0 Å². The second kappa shape index (κ2) is 8.62. The first-order valence-corrected chi connectivity index (χ1v) is 7.47. The number of rotatable bonds is 6. The third-order valence-electron chi connectivity index (χ3n) is 3.48. The molecular formula is C19H19NO4. The Morgan fingerprint density at radius 2 is 1.67 bits per heavy atom. The first-order valence-electron chi connectivity index (χ1n) is 7.47. The fraction of sp³-hybridized carbons (Fsp3) is 0.211. The number of carbonyl (C=O) groups excluding carboxylic acids is 2. The number of methoxy groups -OCH3 is 2. The molecule has 2 aromatic rings. The summed E-state index contributed by atoms with van der Waals surface area (Å²) in [5.74, 6) is -0.781. The van der Waals surface area contributed by atoms with E-state index in [0.29, 0.717) is 12.0 Å². The lowest BCUT2D eigenvalue weighted by Crippen LogP contribution is -2.23. The van der Waals surface area contributed by atoms with Gasteiger partial charge in [-0.3, -0.25) is 4.99 Å². The minimum Gasteiger partial charge on any atom is -0.467 e. The van der Waals surface area contributed by atoms with Crippen LogP contribution in [0.25, 0.3) is 0 Å². The van der Waals surface area contributed by atoms with Gasteiger partial charge in [0.25, 0.3) is 0 Å². The molecule has 0 spiro atoms. The highest BCUT2D eigenvalue weighted by molar-refractivity contribution is 5.91. The molecule has 0 aromatic heterocycles. The molecule has 0 fully saturated rings. The molecule has 0 bridgehead atoms. The first-order chi connectivity index (χ1) is 11.6. The van der Waals surface area contributed by atoms with Crippen molar-refractivity contribution in [3.8, 4) is 0 Å². The Balaban J connectivity index is 2.12. The number of hydrogen-bond donors (Lipinski definition) is 0. The van der Waals surface area contributed by atoms with Crippen molar-refractivity contribution in [3.63, 3.8) is 0 Å². The van der Waals surface area contributed by atoms with Crippen molar-refractivity contribution in [2.45, 2.75) is 12.5 Å². The average molecular weight is 325 g/mol. The molecular weight excluding hydrogens is 306 g/mol. The fourth-order valence-corrected chi connectivity index (χ4v) is 2.17. The lowest BCUT2D eigenvalue weighted by molar-refractivity contribution is -0.142. The first kappa shape index (κ1) is 17.4. The predicted molar refractivity (Wildman–Crippen MR) is 91.3 cm³/mol. The Morgan fingerprint density at radius 1 is 1.00 bits per heavy atom. The van der Waals surface area contributed by atoms with Gasteiger partial charge in [0.15, 0.2) is 6.04 Å². The molecule has 0 heterocycles. The maximum Gasteiger partial charge on any atom is 0.337 e. The van der Waals surface area contributed by atoms with Gasteiger partial charge in [0, 0.05) is 12.6 Å². The van der Waals surface area contributed by atoms with Crippen LogP contribution in [0.15, 0.2) is 59.6 Å². The summed E-state index contributed by atoms with van der Waals surface area (Å²) >= 11 is 0. The van der Waals surface area contributed by atoms with Crippen LogP contribution in [0.5, 0.6) is 0 Å². The van der Waals surface area contributed by atoms with Gasteiger partial charge in [0.2, 0.25) is 0 Å². The summed E-state index contributed by atoms with van der Waals surface area (Å²) in [6, 6.07) is 15.8. The molecule has 0 saturated heterocycles. The van der Waals surface area contributed by atoms with Crippen LogP contribution in [0, 0.1) is 0 Å². The normalized spacial score (nSPS) is 11.9. The standard InChI is InChI=1S/C19H19NO4/c1-23-18(21)16-10-8-15(9-11-16)13-20-17(19(22)24-2)12-14-6-4-3-5-7-14/h3-11,13,17H,12H2,1-2H3/b20-13+/t17-/m1/s1. The fourth-order valence-electron chi connectivity index (χ4n) is 2.17. The molecule has 124 valence electrons. The zero-order chi connectivity index (χ0) is 17.4. The molecule has 0 saturated carbocycles. The van der Waals surface area contributed by atoms with Gasteiger partial charge >= 0.3 is 11.9 Å². The van der Waals surface area contributed by atoms with Crippen LogP contribution in [0.3, 0.4) is 0 Å². The Bertz CT molecular complexity index is 708. The van der Waals surface area contributed by atoms with E-state index in [0.717, 1.165) is 11.1 Å². The van der Waals surface area contributed by atoms with E-state index in [4.69, 9.17) is 4.74 Å². The number of benzene rings is 2. The highest BCUT2D eigenvalue weighted by Crippen LogP contribution is 2.09. The second-order valence-electron chi connectivity index (χ2n) is 5.12. The van der Waals surface area contributed by atoms with Gasteiger partial charge in [0.05, 0.1) is 19.8 Å². The van der Waals surface area contributed by atoms with Crippen LogP contribution >= 0.6 is 0 Å². The van der Waals surface area contributed by atoms with E-state index in [-0.39, 0.29) is 5.97 Å². The van der Waals surface area contributed by atoms with E-state index in [9.17, 15) is 9.59 Å². The smallest absolute Gasteiger partial charge is 0.337 e. The minimum atomic E-state index is -0.613. The highest BCUT2D eigenvalue weighted by Gasteiger charge is 2.17. The number of ether oxygens (including phenoxy) is 2. The number of nitrogens with zero attached hydrogens (tertiary/aromatic N) is 1. The molecule has 2 aromatic carbocycles. The maximum absolute atomic E-state index is 11.9. The molecule has 24 heavy (non-hydrogen) atoms. The monoisotopic (exact) mass is 325 g/mol. The molecule has 1 atom stereocenters. The van der Waals surface area contributed by atoms with Gasteiger partial charge in [-0.1, -0.05) is 42.5 Å². The predicted octanol–water partition coefficient (Wildman–Crippen LogP) is 2.68. The molecule has 0 aliphatic heterocycles. The van der Waals surface area contributed by atoms with Gasteiger partial charge in [0.1, 0.15) is 0 Å². The van der Waals surface area contributed by atoms with E-state index >= 15 is 0 Å². The minimum absolute atomic E-state index is 0.388. The molecule has 0 unspecified atom stereocenters. The summed E-state index contributed by atoms with van der Waals surface area (Å²) in [6.45, 7) is 0. The number of aliphatic imine (C=N–C) groups is 1. The third-order valence-corrected chi connectivity index (χ3v) is 3.48. The summed E-state index contributed by atoms with van der Waals surface area (Å²) in [5, 5.41) is 0. The zero-order valence-electron chi connectivity index (χ0n) is 13.6. The molecule has 0 N–H and O–H groups in total. The van der Waals surface area contributed by atoms with Crippen LogP contribution in [0.1, 0.15) is 21.5 Å². The van der Waals surface area contributed by atoms with E-state index in [2.05, 4.69) is 9.73 Å².